The predicted molar refractivity (Wildman–Crippen MR) is 159 cm³/mol. The van der Waals surface area contributed by atoms with E-state index in [1.54, 1.807) is 32.9 Å². The number of fused-ring (bicyclic) bond motifs is 1. The molecule has 0 amide bonds. The SMILES string of the molecule is CCc1nc2c(C)cc(C)nc2n1Cc1ccc(-c2ccccc2-c2c(OCOC(=O)C(C)(C)C)c(=O)c2=O)cc1. The second-order valence-electron chi connectivity index (χ2n) is 11.3. The molecular formula is C33H33N3O5. The fourth-order valence-corrected chi connectivity index (χ4v) is 4.92. The maximum atomic E-state index is 12.6. The average Bonchev–Trinajstić information content (AvgIpc) is 3.29. The van der Waals surface area contributed by atoms with Gasteiger partial charge in [0.2, 0.25) is 12.2 Å². The average molecular weight is 552 g/mol. The van der Waals surface area contributed by atoms with Gasteiger partial charge in [0.1, 0.15) is 11.3 Å². The van der Waals surface area contributed by atoms with Crippen molar-refractivity contribution in [1.29, 1.82) is 0 Å². The van der Waals surface area contributed by atoms with Crippen molar-refractivity contribution in [2.24, 2.45) is 5.41 Å². The molecule has 0 radical (unpaired) electrons. The molecule has 0 saturated carbocycles. The highest BCUT2D eigenvalue weighted by Gasteiger charge is 2.28. The lowest BCUT2D eigenvalue weighted by Crippen LogP contribution is -2.35. The van der Waals surface area contributed by atoms with E-state index in [9.17, 15) is 14.4 Å². The number of carbonyl (C=O) groups is 1. The maximum Gasteiger partial charge on any atom is 0.314 e. The third-order valence-corrected chi connectivity index (χ3v) is 7.09. The summed E-state index contributed by atoms with van der Waals surface area (Å²) < 4.78 is 12.8. The fourth-order valence-electron chi connectivity index (χ4n) is 4.92. The van der Waals surface area contributed by atoms with Crippen molar-refractivity contribution in [2.45, 2.75) is 54.5 Å². The Hall–Kier alpha value is -4.59. The molecule has 5 aromatic rings. The van der Waals surface area contributed by atoms with E-state index in [4.69, 9.17) is 19.4 Å². The lowest BCUT2D eigenvalue weighted by atomic mass is 9.91. The Balaban J connectivity index is 1.42. The summed E-state index contributed by atoms with van der Waals surface area (Å²) in [6.07, 6.45) is 0.794. The number of benzene rings is 2. The Morgan fingerprint density at radius 1 is 0.927 bits per heavy atom. The molecule has 8 nitrogen and oxygen atoms in total. The lowest BCUT2D eigenvalue weighted by molar-refractivity contribution is -0.159. The van der Waals surface area contributed by atoms with Crippen LogP contribution in [0, 0.1) is 19.3 Å². The third-order valence-electron chi connectivity index (χ3n) is 7.09. The largest absolute Gasteiger partial charge is 0.452 e. The molecule has 0 spiro atoms. The lowest BCUT2D eigenvalue weighted by Gasteiger charge is -2.19. The first-order valence-corrected chi connectivity index (χ1v) is 13.6. The Morgan fingerprint density at radius 3 is 2.27 bits per heavy atom. The van der Waals surface area contributed by atoms with Gasteiger partial charge in [-0.05, 0) is 68.5 Å². The van der Waals surface area contributed by atoms with Crippen molar-refractivity contribution < 1.29 is 14.3 Å². The number of ether oxygens (including phenoxy) is 2. The number of nitrogens with zero attached hydrogens (tertiary/aromatic N) is 3. The minimum atomic E-state index is -0.727. The smallest absolute Gasteiger partial charge is 0.314 e. The summed E-state index contributed by atoms with van der Waals surface area (Å²) in [5.74, 6) is 0.434. The number of carbonyl (C=O) groups excluding carboxylic acids is 1. The van der Waals surface area contributed by atoms with Gasteiger partial charge in [-0.3, -0.25) is 14.4 Å². The van der Waals surface area contributed by atoms with Gasteiger partial charge < -0.3 is 14.0 Å². The van der Waals surface area contributed by atoms with Gasteiger partial charge in [0, 0.05) is 12.1 Å². The van der Waals surface area contributed by atoms with E-state index >= 15 is 0 Å². The van der Waals surface area contributed by atoms with Crippen LogP contribution in [0.5, 0.6) is 5.75 Å². The second kappa shape index (κ2) is 10.8. The maximum absolute atomic E-state index is 12.6. The number of hydrogen-bond acceptors (Lipinski definition) is 7. The topological polar surface area (TPSA) is 100 Å². The number of imidazole rings is 1. The standard InChI is InChI=1S/C33H33N3O5/c1-7-25-35-27-19(2)16-20(3)34-31(27)36(25)17-21-12-14-22(15-13-21)23-10-8-9-11-24(23)26-28(37)29(38)30(26)40-18-41-32(39)33(4,5)6/h8-16H,7,17-18H2,1-6H3. The van der Waals surface area contributed by atoms with Gasteiger partial charge in [-0.15, -0.1) is 0 Å². The van der Waals surface area contributed by atoms with Crippen LogP contribution in [0.4, 0.5) is 0 Å². The highest BCUT2D eigenvalue weighted by Crippen LogP contribution is 2.35. The summed E-state index contributed by atoms with van der Waals surface area (Å²) in [6, 6.07) is 17.5. The van der Waals surface area contributed by atoms with Crippen LogP contribution in [0.1, 0.15) is 50.3 Å². The Bertz CT molecular complexity index is 1830. The number of esters is 1. The molecular weight excluding hydrogens is 518 g/mol. The molecule has 0 aliphatic rings. The molecule has 0 unspecified atom stereocenters. The van der Waals surface area contributed by atoms with Crippen LogP contribution < -0.4 is 15.6 Å². The summed E-state index contributed by atoms with van der Waals surface area (Å²) in [6.45, 7) is 11.5. The minimum absolute atomic E-state index is 0.0852. The molecule has 210 valence electrons. The molecule has 2 heterocycles. The molecule has 0 saturated heterocycles. The molecule has 5 rings (SSSR count). The number of hydrogen-bond donors (Lipinski definition) is 0. The van der Waals surface area contributed by atoms with Crippen LogP contribution in [0.3, 0.4) is 0 Å². The van der Waals surface area contributed by atoms with Crippen LogP contribution in [-0.4, -0.2) is 27.3 Å². The number of pyridine rings is 1. The van der Waals surface area contributed by atoms with Gasteiger partial charge in [0.25, 0.3) is 5.43 Å². The van der Waals surface area contributed by atoms with E-state index in [2.05, 4.69) is 24.5 Å². The van der Waals surface area contributed by atoms with E-state index in [1.165, 1.54) is 0 Å². The van der Waals surface area contributed by atoms with Gasteiger partial charge in [-0.25, -0.2) is 9.97 Å². The summed E-state index contributed by atoms with van der Waals surface area (Å²) >= 11 is 0. The van der Waals surface area contributed by atoms with E-state index in [0.717, 1.165) is 51.4 Å². The zero-order valence-corrected chi connectivity index (χ0v) is 24.2. The Kier molecular flexibility index (Phi) is 7.34. The first-order valence-electron chi connectivity index (χ1n) is 13.6. The molecule has 0 fully saturated rings. The molecule has 3 aromatic carbocycles. The van der Waals surface area contributed by atoms with Crippen LogP contribution in [0.25, 0.3) is 33.4 Å². The van der Waals surface area contributed by atoms with Crippen molar-refractivity contribution in [2.75, 3.05) is 6.79 Å². The molecule has 0 atom stereocenters. The van der Waals surface area contributed by atoms with Crippen molar-refractivity contribution in [3.63, 3.8) is 0 Å². The Morgan fingerprint density at radius 2 is 1.61 bits per heavy atom. The Labute approximate surface area is 238 Å². The van der Waals surface area contributed by atoms with Crippen molar-refractivity contribution in [1.82, 2.24) is 14.5 Å². The predicted octanol–water partition coefficient (Wildman–Crippen LogP) is 5.51. The van der Waals surface area contributed by atoms with E-state index in [0.29, 0.717) is 12.1 Å². The summed E-state index contributed by atoms with van der Waals surface area (Å²) in [5.41, 5.74) is 5.36. The van der Waals surface area contributed by atoms with Gasteiger partial charge in [0.05, 0.1) is 17.5 Å². The molecule has 0 N–H and O–H groups in total. The summed E-state index contributed by atoms with van der Waals surface area (Å²) in [7, 11) is 0. The molecule has 0 aliphatic heterocycles. The number of rotatable bonds is 8. The third kappa shape index (κ3) is 5.29. The monoisotopic (exact) mass is 551 g/mol. The number of aryl methyl sites for hydroxylation is 3. The van der Waals surface area contributed by atoms with Gasteiger partial charge in [-0.2, -0.15) is 0 Å². The first-order chi connectivity index (χ1) is 19.5. The zero-order chi connectivity index (χ0) is 29.5. The molecule has 41 heavy (non-hydrogen) atoms. The molecule has 0 bridgehead atoms. The fraction of sp³-hybridized carbons (Fsp3) is 0.303. The summed E-state index contributed by atoms with van der Waals surface area (Å²) in [4.78, 5) is 46.7. The van der Waals surface area contributed by atoms with Crippen molar-refractivity contribution >= 4 is 17.1 Å². The van der Waals surface area contributed by atoms with Crippen LogP contribution >= 0.6 is 0 Å². The van der Waals surface area contributed by atoms with Gasteiger partial charge in [0.15, 0.2) is 11.4 Å². The highest BCUT2D eigenvalue weighted by atomic mass is 16.7. The van der Waals surface area contributed by atoms with Crippen molar-refractivity contribution in [3.8, 4) is 28.0 Å². The van der Waals surface area contributed by atoms with Crippen LogP contribution in [0.2, 0.25) is 0 Å². The van der Waals surface area contributed by atoms with E-state index in [1.807, 2.05) is 43.3 Å². The first kappa shape index (κ1) is 28.0. The quantitative estimate of drug-likeness (QED) is 0.142. The molecule has 0 aliphatic carbocycles. The van der Waals surface area contributed by atoms with Gasteiger partial charge in [-0.1, -0.05) is 55.5 Å². The van der Waals surface area contributed by atoms with E-state index in [-0.39, 0.29) is 11.3 Å². The normalized spacial score (nSPS) is 11.8. The highest BCUT2D eigenvalue weighted by molar-refractivity contribution is 5.87. The van der Waals surface area contributed by atoms with Crippen LogP contribution in [0.15, 0.2) is 64.2 Å². The minimum Gasteiger partial charge on any atom is -0.452 e. The second-order valence-corrected chi connectivity index (χ2v) is 11.3. The van der Waals surface area contributed by atoms with Crippen molar-refractivity contribution in [3.05, 3.63) is 97.7 Å². The van der Waals surface area contributed by atoms with Crippen LogP contribution in [-0.2, 0) is 22.5 Å². The summed E-state index contributed by atoms with van der Waals surface area (Å²) in [5, 5.41) is 0. The van der Waals surface area contributed by atoms with E-state index < -0.39 is 29.0 Å². The number of aromatic nitrogens is 3. The molecule has 2 aromatic heterocycles. The zero-order valence-electron chi connectivity index (χ0n) is 24.2. The molecule has 8 heteroatoms. The van der Waals surface area contributed by atoms with Gasteiger partial charge >= 0.3 is 5.97 Å².